The third-order valence-electron chi connectivity index (χ3n) is 2.84. The first-order chi connectivity index (χ1) is 8.45. The van der Waals surface area contributed by atoms with E-state index in [-0.39, 0.29) is 18.1 Å². The van der Waals surface area contributed by atoms with E-state index in [4.69, 9.17) is 5.11 Å². The first-order valence-corrected chi connectivity index (χ1v) is 8.01. The lowest BCUT2D eigenvalue weighted by molar-refractivity contribution is -0.137. The molecule has 0 aliphatic rings. The Balaban J connectivity index is 3.00. The number of hydrogen-bond acceptors (Lipinski definition) is 2. The van der Waals surface area contributed by atoms with Crippen molar-refractivity contribution in [2.75, 3.05) is 0 Å². The van der Waals surface area contributed by atoms with Gasteiger partial charge in [0.1, 0.15) is 5.75 Å². The summed E-state index contributed by atoms with van der Waals surface area (Å²) in [6.45, 7) is 2.10. The van der Waals surface area contributed by atoms with Gasteiger partial charge in [-0.05, 0) is 75.2 Å². The maximum Gasteiger partial charge on any atom is 0.303 e. The number of aliphatic carboxylic acids is 1. The van der Waals surface area contributed by atoms with E-state index in [1.165, 1.54) is 0 Å². The van der Waals surface area contributed by atoms with Gasteiger partial charge in [0.05, 0.1) is 13.6 Å². The van der Waals surface area contributed by atoms with Gasteiger partial charge in [0.25, 0.3) is 0 Å². The first-order valence-electron chi connectivity index (χ1n) is 5.85. The summed E-state index contributed by atoms with van der Waals surface area (Å²) >= 11 is 4.16. The third kappa shape index (κ3) is 4.56. The molecule has 0 heterocycles. The summed E-state index contributed by atoms with van der Waals surface area (Å²) in [6, 6.07) is 3.78. The number of carboxylic acid groups (broad SMARTS) is 1. The number of rotatable bonds is 6. The molecule has 18 heavy (non-hydrogen) atoms. The zero-order chi connectivity index (χ0) is 13.7. The molecule has 0 aliphatic carbocycles. The van der Waals surface area contributed by atoms with Crippen molar-refractivity contribution in [1.82, 2.24) is 0 Å². The number of carbonyl (C=O) groups is 1. The van der Waals surface area contributed by atoms with Crippen LogP contribution in [0.2, 0.25) is 0 Å². The van der Waals surface area contributed by atoms with Crippen molar-refractivity contribution < 1.29 is 15.0 Å². The van der Waals surface area contributed by atoms with E-state index >= 15 is 0 Å². The molecule has 0 aliphatic heterocycles. The molecule has 1 aromatic rings. The maximum absolute atomic E-state index is 10.9. The van der Waals surface area contributed by atoms with Crippen LogP contribution in [0.15, 0.2) is 12.1 Å². The van der Waals surface area contributed by atoms with E-state index in [0.29, 0.717) is 0 Å². The topological polar surface area (TPSA) is 57.5 Å². The monoisotopic (exact) mass is 474 g/mol. The normalized spacial score (nSPS) is 12.4. The molecule has 1 aromatic carbocycles. The first kappa shape index (κ1) is 16.0. The molecule has 0 saturated carbocycles. The Morgan fingerprint density at radius 3 is 2.33 bits per heavy atom. The Bertz CT molecular complexity index is 409. The highest BCUT2D eigenvalue weighted by atomic mass is 127. The average Bonchev–Trinajstić information content (AvgIpc) is 2.30. The molecule has 0 aromatic heterocycles. The van der Waals surface area contributed by atoms with Crippen molar-refractivity contribution >= 4 is 51.2 Å². The highest BCUT2D eigenvalue weighted by molar-refractivity contribution is 14.1. The van der Waals surface area contributed by atoms with Crippen molar-refractivity contribution in [2.45, 2.75) is 38.5 Å². The molecule has 5 heteroatoms. The van der Waals surface area contributed by atoms with Gasteiger partial charge in [-0.15, -0.1) is 0 Å². The number of carboxylic acids is 1. The number of benzene rings is 1. The smallest absolute Gasteiger partial charge is 0.303 e. The molecule has 1 unspecified atom stereocenters. The number of unbranched alkanes of at least 4 members (excludes halogenated alkanes) is 1. The molecule has 100 valence electrons. The van der Waals surface area contributed by atoms with Crippen LogP contribution in [0.3, 0.4) is 0 Å². The summed E-state index contributed by atoms with van der Waals surface area (Å²) in [6.07, 6.45) is 3.10. The van der Waals surface area contributed by atoms with Crippen molar-refractivity contribution in [3.8, 4) is 5.75 Å². The SMILES string of the molecule is CCCCC(CC(=O)O)c1cc(I)c(O)c(I)c1. The van der Waals surface area contributed by atoms with E-state index in [1.807, 2.05) is 12.1 Å². The highest BCUT2D eigenvalue weighted by Gasteiger charge is 2.17. The number of halogens is 2. The molecule has 1 rings (SSSR count). The summed E-state index contributed by atoms with van der Waals surface area (Å²) in [7, 11) is 0. The van der Waals surface area contributed by atoms with Gasteiger partial charge in [-0.2, -0.15) is 0 Å². The molecule has 0 fully saturated rings. The number of aromatic hydroxyl groups is 1. The summed E-state index contributed by atoms with van der Waals surface area (Å²) < 4.78 is 1.56. The van der Waals surface area contributed by atoms with Crippen LogP contribution in [-0.2, 0) is 4.79 Å². The summed E-state index contributed by atoms with van der Waals surface area (Å²) in [4.78, 5) is 10.9. The Hall–Kier alpha value is -0.0500. The fourth-order valence-electron chi connectivity index (χ4n) is 1.87. The van der Waals surface area contributed by atoms with E-state index in [2.05, 4.69) is 52.1 Å². The van der Waals surface area contributed by atoms with Gasteiger partial charge in [0.15, 0.2) is 0 Å². The lowest BCUT2D eigenvalue weighted by Crippen LogP contribution is -2.07. The standard InChI is InChI=1S/C13H16I2O3/c1-2-3-4-8(7-12(16)17)9-5-10(14)13(18)11(15)6-9/h5-6,8,18H,2-4,7H2,1H3,(H,16,17). The molecule has 0 amide bonds. The zero-order valence-electron chi connectivity index (χ0n) is 10.1. The van der Waals surface area contributed by atoms with Gasteiger partial charge in [0, 0.05) is 0 Å². The number of phenolic OH excluding ortho intramolecular Hbond substituents is 1. The van der Waals surface area contributed by atoms with Gasteiger partial charge in [0.2, 0.25) is 0 Å². The molecule has 0 bridgehead atoms. The Kier molecular flexibility index (Phi) is 6.68. The molecular weight excluding hydrogens is 458 g/mol. The second kappa shape index (κ2) is 7.52. The van der Waals surface area contributed by atoms with Crippen molar-refractivity contribution in [1.29, 1.82) is 0 Å². The molecule has 2 N–H and O–H groups in total. The third-order valence-corrected chi connectivity index (χ3v) is 4.48. The van der Waals surface area contributed by atoms with Crippen LogP contribution >= 0.6 is 45.2 Å². The molecule has 3 nitrogen and oxygen atoms in total. The van der Waals surface area contributed by atoms with Crippen LogP contribution in [0, 0.1) is 7.14 Å². The van der Waals surface area contributed by atoms with Crippen LogP contribution in [-0.4, -0.2) is 16.2 Å². The van der Waals surface area contributed by atoms with Crippen LogP contribution in [0.4, 0.5) is 0 Å². The van der Waals surface area contributed by atoms with Crippen molar-refractivity contribution in [2.24, 2.45) is 0 Å². The van der Waals surface area contributed by atoms with Crippen LogP contribution in [0.5, 0.6) is 5.75 Å². The van der Waals surface area contributed by atoms with Crippen LogP contribution < -0.4 is 0 Å². The summed E-state index contributed by atoms with van der Waals surface area (Å²) in [5.74, 6) is -0.455. The van der Waals surface area contributed by atoms with Gasteiger partial charge >= 0.3 is 5.97 Å². The van der Waals surface area contributed by atoms with Crippen LogP contribution in [0.1, 0.15) is 44.1 Å². The molecule has 1 atom stereocenters. The predicted octanol–water partition coefficient (Wildman–Crippen LogP) is 4.35. The van der Waals surface area contributed by atoms with Crippen molar-refractivity contribution in [3.05, 3.63) is 24.8 Å². The van der Waals surface area contributed by atoms with Crippen LogP contribution in [0.25, 0.3) is 0 Å². The minimum absolute atomic E-state index is 0.0325. The zero-order valence-corrected chi connectivity index (χ0v) is 14.4. The van der Waals surface area contributed by atoms with E-state index < -0.39 is 5.97 Å². The summed E-state index contributed by atoms with van der Waals surface area (Å²) in [5, 5.41) is 18.7. The quantitative estimate of drug-likeness (QED) is 0.604. The predicted molar refractivity (Wildman–Crippen MR) is 88.1 cm³/mol. The van der Waals surface area contributed by atoms with Gasteiger partial charge in [-0.25, -0.2) is 0 Å². The summed E-state index contributed by atoms with van der Waals surface area (Å²) in [5.41, 5.74) is 1.01. The van der Waals surface area contributed by atoms with Gasteiger partial charge < -0.3 is 10.2 Å². The lowest BCUT2D eigenvalue weighted by Gasteiger charge is -2.16. The van der Waals surface area contributed by atoms with E-state index in [9.17, 15) is 9.90 Å². The van der Waals surface area contributed by atoms with Gasteiger partial charge in [-0.1, -0.05) is 19.8 Å². The minimum Gasteiger partial charge on any atom is -0.506 e. The number of phenols is 1. The molecule has 0 radical (unpaired) electrons. The fourth-order valence-corrected chi connectivity index (χ4v) is 3.68. The molecule has 0 saturated heterocycles. The Morgan fingerprint density at radius 1 is 1.33 bits per heavy atom. The Labute approximate surface area is 134 Å². The maximum atomic E-state index is 10.9. The number of hydrogen-bond donors (Lipinski definition) is 2. The van der Waals surface area contributed by atoms with E-state index in [0.717, 1.165) is 32.0 Å². The lowest BCUT2D eigenvalue weighted by atomic mass is 9.91. The second-order valence-corrected chi connectivity index (χ2v) is 6.59. The van der Waals surface area contributed by atoms with Crippen molar-refractivity contribution in [3.63, 3.8) is 0 Å². The molecular formula is C13H16I2O3. The minimum atomic E-state index is -0.769. The van der Waals surface area contributed by atoms with Gasteiger partial charge in [-0.3, -0.25) is 4.79 Å². The highest BCUT2D eigenvalue weighted by Crippen LogP contribution is 2.33. The largest absolute Gasteiger partial charge is 0.506 e. The average molecular weight is 474 g/mol. The fraction of sp³-hybridized carbons (Fsp3) is 0.462. The van der Waals surface area contributed by atoms with E-state index in [1.54, 1.807) is 0 Å². The molecule has 0 spiro atoms. The Morgan fingerprint density at radius 2 is 1.89 bits per heavy atom. The second-order valence-electron chi connectivity index (χ2n) is 4.27.